The van der Waals surface area contributed by atoms with Gasteiger partial charge in [0.2, 0.25) is 0 Å². The topological polar surface area (TPSA) is 116 Å². The number of halogens is 4. The Hall–Kier alpha value is -4.89. The van der Waals surface area contributed by atoms with E-state index in [2.05, 4.69) is 37.4 Å². The molecular formula is C28H22F4N4O4. The van der Waals surface area contributed by atoms with Gasteiger partial charge >= 0.3 is 6.36 Å². The summed E-state index contributed by atoms with van der Waals surface area (Å²) in [7, 11) is 1.50. The summed E-state index contributed by atoms with van der Waals surface area (Å²) in [5.74, 6) is 3.02. The number of aromatic nitrogens is 2. The Morgan fingerprint density at radius 2 is 1.75 bits per heavy atom. The third kappa shape index (κ3) is 6.75. The number of fused-ring (bicyclic) bond motifs is 1. The standard InChI is InChI=1S/C28H22F4N4O4/c1-33-26(38)18-10-7-16(8-11-18)5-6-17-9-12-24(40-28(30,31)32)20(13-17)27(39)34-19(15-37)14-23-25-21(29)3-2-4-22(25)35-36-23/h2-4,7-13,19,37H,14-15H2,1H3,(H,33,38)(H,34,39)(H,35,36)/t19-/m1/s1. The van der Waals surface area contributed by atoms with Crippen LogP contribution in [0.2, 0.25) is 0 Å². The number of H-pyrrole nitrogens is 1. The summed E-state index contributed by atoms with van der Waals surface area (Å²) in [4.78, 5) is 24.8. The van der Waals surface area contributed by atoms with Crippen LogP contribution in [0.4, 0.5) is 17.6 Å². The molecule has 3 aromatic carbocycles. The van der Waals surface area contributed by atoms with E-state index in [1.807, 2.05) is 0 Å². The Morgan fingerprint density at radius 3 is 2.42 bits per heavy atom. The molecule has 4 N–H and O–H groups in total. The molecule has 0 bridgehead atoms. The number of alkyl halides is 3. The lowest BCUT2D eigenvalue weighted by Crippen LogP contribution is -2.39. The lowest BCUT2D eigenvalue weighted by Gasteiger charge is -2.18. The molecule has 0 aliphatic rings. The number of aliphatic hydroxyl groups is 1. The number of aromatic amines is 1. The molecule has 1 heterocycles. The number of benzene rings is 3. The van der Waals surface area contributed by atoms with Crippen LogP contribution in [0.3, 0.4) is 0 Å². The summed E-state index contributed by atoms with van der Waals surface area (Å²) in [6, 6.07) is 13.0. The first-order chi connectivity index (χ1) is 19.1. The Bertz CT molecular complexity index is 1600. The quantitative estimate of drug-likeness (QED) is 0.206. The highest BCUT2D eigenvalue weighted by Gasteiger charge is 2.33. The van der Waals surface area contributed by atoms with E-state index in [0.29, 0.717) is 22.3 Å². The molecule has 8 nitrogen and oxygen atoms in total. The van der Waals surface area contributed by atoms with Crippen LogP contribution >= 0.6 is 0 Å². The van der Waals surface area contributed by atoms with Gasteiger partial charge in [-0.1, -0.05) is 17.9 Å². The highest BCUT2D eigenvalue weighted by molar-refractivity contribution is 5.97. The zero-order valence-electron chi connectivity index (χ0n) is 20.9. The Balaban J connectivity index is 1.59. The van der Waals surface area contributed by atoms with Gasteiger partial charge in [-0.05, 0) is 54.6 Å². The van der Waals surface area contributed by atoms with Crippen molar-refractivity contribution in [3.05, 3.63) is 94.4 Å². The van der Waals surface area contributed by atoms with Crippen molar-refractivity contribution in [3.63, 3.8) is 0 Å². The van der Waals surface area contributed by atoms with Crippen LogP contribution in [0, 0.1) is 17.7 Å². The molecule has 0 saturated carbocycles. The highest BCUT2D eigenvalue weighted by Crippen LogP contribution is 2.28. The number of hydrogen-bond donors (Lipinski definition) is 4. The predicted molar refractivity (Wildman–Crippen MR) is 137 cm³/mol. The second kappa shape index (κ2) is 11.9. The van der Waals surface area contributed by atoms with Crippen molar-refractivity contribution in [3.8, 4) is 17.6 Å². The molecule has 0 fully saturated rings. The Morgan fingerprint density at radius 1 is 1.05 bits per heavy atom. The molecule has 206 valence electrons. The minimum absolute atomic E-state index is 0.0827. The highest BCUT2D eigenvalue weighted by atomic mass is 19.4. The van der Waals surface area contributed by atoms with Gasteiger partial charge in [-0.15, -0.1) is 13.2 Å². The van der Waals surface area contributed by atoms with E-state index in [1.54, 1.807) is 30.3 Å². The predicted octanol–water partition coefficient (Wildman–Crippen LogP) is 3.69. The number of carbonyl (C=O) groups excluding carboxylic acids is 2. The van der Waals surface area contributed by atoms with Crippen molar-refractivity contribution in [2.24, 2.45) is 0 Å². The maximum absolute atomic E-state index is 14.3. The first-order valence-corrected chi connectivity index (χ1v) is 11.8. The van der Waals surface area contributed by atoms with Crippen LogP contribution < -0.4 is 15.4 Å². The maximum Gasteiger partial charge on any atom is 0.573 e. The molecule has 0 unspecified atom stereocenters. The lowest BCUT2D eigenvalue weighted by atomic mass is 10.1. The van der Waals surface area contributed by atoms with Crippen molar-refractivity contribution >= 4 is 22.7 Å². The van der Waals surface area contributed by atoms with E-state index in [9.17, 15) is 32.3 Å². The minimum Gasteiger partial charge on any atom is -0.405 e. The van der Waals surface area contributed by atoms with Crippen molar-refractivity contribution in [2.75, 3.05) is 13.7 Å². The van der Waals surface area contributed by atoms with Crippen molar-refractivity contribution in [1.82, 2.24) is 20.8 Å². The number of amides is 2. The van der Waals surface area contributed by atoms with Crippen LogP contribution in [0.1, 0.15) is 37.5 Å². The maximum atomic E-state index is 14.3. The molecule has 1 atom stereocenters. The van der Waals surface area contributed by atoms with Crippen LogP contribution in [0.25, 0.3) is 10.9 Å². The van der Waals surface area contributed by atoms with Crippen molar-refractivity contribution < 1.29 is 37.0 Å². The smallest absolute Gasteiger partial charge is 0.405 e. The Labute approximate surface area is 225 Å². The van der Waals surface area contributed by atoms with Crippen molar-refractivity contribution in [1.29, 1.82) is 0 Å². The van der Waals surface area contributed by atoms with Gasteiger partial charge in [0, 0.05) is 35.9 Å². The van der Waals surface area contributed by atoms with E-state index in [1.165, 1.54) is 25.2 Å². The number of nitrogens with one attached hydrogen (secondary N) is 3. The molecule has 0 aliphatic heterocycles. The average Bonchev–Trinajstić information content (AvgIpc) is 3.35. The van der Waals surface area contributed by atoms with E-state index in [0.717, 1.165) is 12.1 Å². The van der Waals surface area contributed by atoms with Crippen molar-refractivity contribution in [2.45, 2.75) is 18.8 Å². The van der Waals surface area contributed by atoms with Gasteiger partial charge in [0.15, 0.2) is 0 Å². The largest absolute Gasteiger partial charge is 0.573 e. The Kier molecular flexibility index (Phi) is 8.35. The third-order valence-electron chi connectivity index (χ3n) is 5.79. The lowest BCUT2D eigenvalue weighted by molar-refractivity contribution is -0.274. The van der Waals surface area contributed by atoms with Crippen LogP contribution in [0.5, 0.6) is 5.75 Å². The molecule has 2 amide bonds. The number of nitrogens with zero attached hydrogens (tertiary/aromatic N) is 1. The number of carbonyl (C=O) groups is 2. The summed E-state index contributed by atoms with van der Waals surface area (Å²) in [6.07, 6.45) is -5.15. The molecule has 0 aliphatic carbocycles. The molecule has 0 spiro atoms. The summed E-state index contributed by atoms with van der Waals surface area (Å²) >= 11 is 0. The van der Waals surface area contributed by atoms with E-state index >= 15 is 0 Å². The fourth-order valence-corrected chi connectivity index (χ4v) is 3.90. The fourth-order valence-electron chi connectivity index (χ4n) is 3.90. The third-order valence-corrected chi connectivity index (χ3v) is 5.79. The molecule has 40 heavy (non-hydrogen) atoms. The van der Waals surface area contributed by atoms with Crippen LogP contribution in [-0.2, 0) is 6.42 Å². The van der Waals surface area contributed by atoms with Crippen LogP contribution in [-0.4, -0.2) is 53.2 Å². The van der Waals surface area contributed by atoms with Crippen LogP contribution in [0.15, 0.2) is 60.7 Å². The minimum atomic E-state index is -5.07. The fraction of sp³-hybridized carbons (Fsp3) is 0.179. The summed E-state index contributed by atoms with van der Waals surface area (Å²) in [6.45, 7) is -0.596. The molecule has 12 heteroatoms. The number of aliphatic hydroxyl groups excluding tert-OH is 1. The van der Waals surface area contributed by atoms with Gasteiger partial charge in [-0.2, -0.15) is 5.10 Å². The van der Waals surface area contributed by atoms with E-state index < -0.39 is 42.0 Å². The first-order valence-electron chi connectivity index (χ1n) is 11.8. The first kappa shape index (κ1) is 28.1. The molecule has 1 aromatic heterocycles. The average molecular weight is 555 g/mol. The van der Waals surface area contributed by atoms with Gasteiger partial charge in [0.1, 0.15) is 11.6 Å². The summed E-state index contributed by atoms with van der Waals surface area (Å²) in [5, 5.41) is 21.6. The number of rotatable bonds is 7. The van der Waals surface area contributed by atoms with Gasteiger partial charge in [0.25, 0.3) is 11.8 Å². The van der Waals surface area contributed by atoms with Gasteiger partial charge in [-0.3, -0.25) is 14.7 Å². The molecule has 0 saturated heterocycles. The van der Waals surface area contributed by atoms with E-state index in [4.69, 9.17) is 0 Å². The normalized spacial score (nSPS) is 11.8. The summed E-state index contributed by atoms with van der Waals surface area (Å²) < 4.78 is 57.5. The molecule has 4 rings (SSSR count). The number of hydrogen-bond acceptors (Lipinski definition) is 5. The number of ether oxygens (including phenoxy) is 1. The SMILES string of the molecule is CNC(=O)c1ccc(C#Cc2ccc(OC(F)(F)F)c(C(=O)N[C@@H](CO)Cc3[nH]nc4cccc(F)c34)c2)cc1. The monoisotopic (exact) mass is 554 g/mol. The molecule has 0 radical (unpaired) electrons. The van der Waals surface area contributed by atoms with Gasteiger partial charge < -0.3 is 20.5 Å². The second-order valence-corrected chi connectivity index (χ2v) is 8.56. The van der Waals surface area contributed by atoms with E-state index in [-0.39, 0.29) is 23.3 Å². The second-order valence-electron chi connectivity index (χ2n) is 8.56. The molecular weight excluding hydrogens is 532 g/mol. The zero-order valence-corrected chi connectivity index (χ0v) is 20.9. The summed E-state index contributed by atoms with van der Waals surface area (Å²) in [5.41, 5.74) is 1.31. The van der Waals surface area contributed by atoms with Gasteiger partial charge in [-0.25, -0.2) is 4.39 Å². The van der Waals surface area contributed by atoms with Gasteiger partial charge in [0.05, 0.1) is 29.1 Å². The molecule has 4 aromatic rings. The zero-order chi connectivity index (χ0) is 28.9.